The molecule has 0 bridgehead atoms. The van der Waals surface area contributed by atoms with E-state index < -0.39 is 0 Å². The molecule has 16 heavy (non-hydrogen) atoms. The molecule has 0 saturated carbocycles. The van der Waals surface area contributed by atoms with E-state index in [9.17, 15) is 0 Å². The van der Waals surface area contributed by atoms with Crippen LogP contribution in [-0.2, 0) is 4.74 Å². The molecular formula is C13H28N2O. The van der Waals surface area contributed by atoms with Gasteiger partial charge in [0.1, 0.15) is 0 Å². The SMILES string of the molecule is CCOCCCN(CC)CC1CCCCN1. The van der Waals surface area contributed by atoms with E-state index in [2.05, 4.69) is 24.1 Å². The number of nitrogens with one attached hydrogen (secondary N) is 1. The Labute approximate surface area is 101 Å². The van der Waals surface area contributed by atoms with E-state index in [0.717, 1.165) is 32.2 Å². The molecule has 1 aliphatic heterocycles. The summed E-state index contributed by atoms with van der Waals surface area (Å²) >= 11 is 0. The summed E-state index contributed by atoms with van der Waals surface area (Å²) in [5.74, 6) is 0. The van der Waals surface area contributed by atoms with E-state index in [1.807, 2.05) is 0 Å². The Balaban J connectivity index is 2.09. The van der Waals surface area contributed by atoms with Crippen LogP contribution in [0.4, 0.5) is 0 Å². The molecule has 1 rings (SSSR count). The molecule has 96 valence electrons. The van der Waals surface area contributed by atoms with E-state index in [1.54, 1.807) is 0 Å². The Morgan fingerprint density at radius 3 is 2.81 bits per heavy atom. The molecule has 0 radical (unpaired) electrons. The zero-order chi connectivity index (χ0) is 11.6. The van der Waals surface area contributed by atoms with Crippen LogP contribution in [0.5, 0.6) is 0 Å². The predicted octanol–water partition coefficient (Wildman–Crippen LogP) is 1.88. The van der Waals surface area contributed by atoms with Crippen LogP contribution >= 0.6 is 0 Å². The third-order valence-corrected chi connectivity index (χ3v) is 3.31. The Morgan fingerprint density at radius 2 is 2.19 bits per heavy atom. The number of rotatable bonds is 8. The second kappa shape index (κ2) is 8.97. The first kappa shape index (κ1) is 13.9. The first-order chi connectivity index (χ1) is 7.86. The molecular weight excluding hydrogens is 200 g/mol. The van der Waals surface area contributed by atoms with E-state index in [1.165, 1.54) is 38.9 Å². The van der Waals surface area contributed by atoms with Crippen molar-refractivity contribution in [2.75, 3.05) is 39.4 Å². The Hall–Kier alpha value is -0.120. The van der Waals surface area contributed by atoms with Gasteiger partial charge in [-0.1, -0.05) is 13.3 Å². The van der Waals surface area contributed by atoms with Crippen molar-refractivity contribution in [2.45, 2.75) is 45.6 Å². The third-order valence-electron chi connectivity index (χ3n) is 3.31. The average molecular weight is 228 g/mol. The predicted molar refractivity (Wildman–Crippen MR) is 68.9 cm³/mol. The summed E-state index contributed by atoms with van der Waals surface area (Å²) in [5, 5.41) is 3.61. The summed E-state index contributed by atoms with van der Waals surface area (Å²) in [7, 11) is 0. The molecule has 1 atom stereocenters. The monoisotopic (exact) mass is 228 g/mol. The van der Waals surface area contributed by atoms with Crippen molar-refractivity contribution < 1.29 is 4.74 Å². The molecule has 0 aromatic rings. The summed E-state index contributed by atoms with van der Waals surface area (Å²) < 4.78 is 5.38. The van der Waals surface area contributed by atoms with Gasteiger partial charge in [-0.2, -0.15) is 0 Å². The highest BCUT2D eigenvalue weighted by molar-refractivity contribution is 4.75. The molecule has 3 nitrogen and oxygen atoms in total. The minimum atomic E-state index is 0.723. The largest absolute Gasteiger partial charge is 0.382 e. The molecule has 0 spiro atoms. The van der Waals surface area contributed by atoms with Gasteiger partial charge < -0.3 is 15.0 Å². The van der Waals surface area contributed by atoms with Gasteiger partial charge in [0.15, 0.2) is 0 Å². The average Bonchev–Trinajstić information content (AvgIpc) is 2.34. The van der Waals surface area contributed by atoms with E-state index in [0.29, 0.717) is 0 Å². The zero-order valence-electron chi connectivity index (χ0n) is 11.0. The lowest BCUT2D eigenvalue weighted by Crippen LogP contribution is -2.44. The quantitative estimate of drug-likeness (QED) is 0.642. The third kappa shape index (κ3) is 5.83. The van der Waals surface area contributed by atoms with Gasteiger partial charge in [-0.15, -0.1) is 0 Å². The smallest absolute Gasteiger partial charge is 0.0478 e. The Kier molecular flexibility index (Phi) is 7.81. The molecule has 0 aromatic heterocycles. The fraction of sp³-hybridized carbons (Fsp3) is 1.00. The normalized spacial score (nSPS) is 21.6. The van der Waals surface area contributed by atoms with Crippen molar-refractivity contribution in [3.05, 3.63) is 0 Å². The molecule has 1 heterocycles. The summed E-state index contributed by atoms with van der Waals surface area (Å²) in [5.41, 5.74) is 0. The number of hydrogen-bond donors (Lipinski definition) is 1. The first-order valence-electron chi connectivity index (χ1n) is 6.90. The molecule has 0 amide bonds. The van der Waals surface area contributed by atoms with Crippen LogP contribution in [0.15, 0.2) is 0 Å². The lowest BCUT2D eigenvalue weighted by molar-refractivity contribution is 0.129. The van der Waals surface area contributed by atoms with Gasteiger partial charge in [0, 0.05) is 32.3 Å². The van der Waals surface area contributed by atoms with Gasteiger partial charge in [-0.25, -0.2) is 0 Å². The van der Waals surface area contributed by atoms with Gasteiger partial charge in [0.25, 0.3) is 0 Å². The van der Waals surface area contributed by atoms with Crippen LogP contribution in [0, 0.1) is 0 Å². The molecule has 1 saturated heterocycles. The maximum absolute atomic E-state index is 5.38. The molecule has 1 fully saturated rings. The second-order valence-electron chi connectivity index (χ2n) is 4.59. The number of ether oxygens (including phenoxy) is 1. The van der Waals surface area contributed by atoms with Crippen molar-refractivity contribution in [3.63, 3.8) is 0 Å². The number of nitrogens with zero attached hydrogens (tertiary/aromatic N) is 1. The van der Waals surface area contributed by atoms with Crippen molar-refractivity contribution >= 4 is 0 Å². The fourth-order valence-electron chi connectivity index (χ4n) is 2.30. The highest BCUT2D eigenvalue weighted by Crippen LogP contribution is 2.08. The van der Waals surface area contributed by atoms with Crippen molar-refractivity contribution in [1.29, 1.82) is 0 Å². The number of piperidine rings is 1. The molecule has 1 N–H and O–H groups in total. The maximum Gasteiger partial charge on any atom is 0.0478 e. The highest BCUT2D eigenvalue weighted by Gasteiger charge is 2.15. The first-order valence-corrected chi connectivity index (χ1v) is 6.90. The van der Waals surface area contributed by atoms with Crippen LogP contribution in [0.2, 0.25) is 0 Å². The van der Waals surface area contributed by atoms with Crippen LogP contribution in [0.3, 0.4) is 0 Å². The lowest BCUT2D eigenvalue weighted by Gasteiger charge is -2.29. The van der Waals surface area contributed by atoms with Crippen LogP contribution in [-0.4, -0.2) is 50.3 Å². The lowest BCUT2D eigenvalue weighted by atomic mass is 10.0. The highest BCUT2D eigenvalue weighted by atomic mass is 16.5. The van der Waals surface area contributed by atoms with Crippen molar-refractivity contribution in [1.82, 2.24) is 10.2 Å². The van der Waals surface area contributed by atoms with Crippen LogP contribution in [0.1, 0.15) is 39.5 Å². The van der Waals surface area contributed by atoms with E-state index >= 15 is 0 Å². The standard InChI is InChI=1S/C13H28N2O/c1-3-15(10-7-11-16-4-2)12-13-8-5-6-9-14-13/h13-14H,3-12H2,1-2H3. The summed E-state index contributed by atoms with van der Waals surface area (Å²) in [6.07, 6.45) is 5.26. The molecule has 0 aliphatic carbocycles. The Bertz CT molecular complexity index is 158. The minimum Gasteiger partial charge on any atom is -0.382 e. The van der Waals surface area contributed by atoms with Crippen LogP contribution < -0.4 is 5.32 Å². The summed E-state index contributed by atoms with van der Waals surface area (Å²) in [6, 6.07) is 0.723. The zero-order valence-corrected chi connectivity index (χ0v) is 11.0. The molecule has 1 aliphatic rings. The van der Waals surface area contributed by atoms with Gasteiger partial charge in [0.2, 0.25) is 0 Å². The maximum atomic E-state index is 5.38. The van der Waals surface area contributed by atoms with Crippen LogP contribution in [0.25, 0.3) is 0 Å². The van der Waals surface area contributed by atoms with Crippen molar-refractivity contribution in [2.24, 2.45) is 0 Å². The molecule has 0 aromatic carbocycles. The second-order valence-corrected chi connectivity index (χ2v) is 4.59. The molecule has 3 heteroatoms. The fourth-order valence-corrected chi connectivity index (χ4v) is 2.30. The number of hydrogen-bond acceptors (Lipinski definition) is 3. The molecule has 1 unspecified atom stereocenters. The van der Waals surface area contributed by atoms with Crippen molar-refractivity contribution in [3.8, 4) is 0 Å². The topological polar surface area (TPSA) is 24.5 Å². The van der Waals surface area contributed by atoms with Gasteiger partial charge in [0.05, 0.1) is 0 Å². The van der Waals surface area contributed by atoms with E-state index in [4.69, 9.17) is 4.74 Å². The van der Waals surface area contributed by atoms with Gasteiger partial charge in [-0.05, 0) is 39.3 Å². The van der Waals surface area contributed by atoms with Gasteiger partial charge in [-0.3, -0.25) is 0 Å². The summed E-state index contributed by atoms with van der Waals surface area (Å²) in [6.45, 7) is 10.8. The van der Waals surface area contributed by atoms with E-state index in [-0.39, 0.29) is 0 Å². The number of likely N-dealkylation sites (N-methyl/N-ethyl adjacent to an activating group) is 1. The van der Waals surface area contributed by atoms with Gasteiger partial charge >= 0.3 is 0 Å². The minimum absolute atomic E-state index is 0.723. The Morgan fingerprint density at radius 1 is 1.31 bits per heavy atom. The summed E-state index contributed by atoms with van der Waals surface area (Å²) in [4.78, 5) is 2.54.